The molecule has 0 spiro atoms. The van der Waals surface area contributed by atoms with E-state index in [9.17, 15) is 4.79 Å². The number of hydrogen-bond donors (Lipinski definition) is 3. The standard InChI is InChI=1S/C18H25N5O2/c24-18(17-5-2-14(25-17)12-23-11-1-8-20-23)22-16-4-3-15(16)21-13-6-9-19-10-7-13/h1-2,5,8,11,13,15-16,19,21H,3-4,6-7,9-10,12H2,(H,22,24)/t15-,16+/m1/s1. The van der Waals surface area contributed by atoms with Crippen LogP contribution in [0, 0.1) is 0 Å². The monoisotopic (exact) mass is 343 g/mol. The molecular formula is C18H25N5O2. The maximum atomic E-state index is 12.4. The Morgan fingerprint density at radius 3 is 2.80 bits per heavy atom. The lowest BCUT2D eigenvalue weighted by Gasteiger charge is -2.41. The van der Waals surface area contributed by atoms with E-state index in [4.69, 9.17) is 4.42 Å². The minimum absolute atomic E-state index is 0.131. The zero-order valence-electron chi connectivity index (χ0n) is 14.3. The summed E-state index contributed by atoms with van der Waals surface area (Å²) in [5.41, 5.74) is 0. The third-order valence-electron chi connectivity index (χ3n) is 5.14. The number of hydrogen-bond acceptors (Lipinski definition) is 5. The molecule has 134 valence electrons. The van der Waals surface area contributed by atoms with Crippen LogP contribution in [0.1, 0.15) is 42.0 Å². The van der Waals surface area contributed by atoms with E-state index in [1.54, 1.807) is 16.9 Å². The Bertz CT molecular complexity index is 690. The highest BCUT2D eigenvalue weighted by atomic mass is 16.4. The van der Waals surface area contributed by atoms with Crippen LogP contribution in [-0.2, 0) is 6.54 Å². The van der Waals surface area contributed by atoms with Crippen LogP contribution in [0.15, 0.2) is 35.0 Å². The Balaban J connectivity index is 1.29. The summed E-state index contributed by atoms with van der Waals surface area (Å²) >= 11 is 0. The molecule has 2 atom stereocenters. The van der Waals surface area contributed by atoms with Gasteiger partial charge in [0.1, 0.15) is 5.76 Å². The smallest absolute Gasteiger partial charge is 0.287 e. The van der Waals surface area contributed by atoms with Gasteiger partial charge in [0.25, 0.3) is 5.91 Å². The molecule has 1 amide bonds. The first kappa shape index (κ1) is 16.4. The Labute approximate surface area is 147 Å². The van der Waals surface area contributed by atoms with Gasteiger partial charge in [-0.1, -0.05) is 0 Å². The maximum Gasteiger partial charge on any atom is 0.287 e. The Kier molecular flexibility index (Phi) is 4.85. The van der Waals surface area contributed by atoms with Gasteiger partial charge in [0.05, 0.1) is 6.54 Å². The van der Waals surface area contributed by atoms with E-state index in [1.165, 1.54) is 0 Å². The second kappa shape index (κ2) is 7.41. The summed E-state index contributed by atoms with van der Waals surface area (Å²) in [6.45, 7) is 2.68. The van der Waals surface area contributed by atoms with Crippen molar-refractivity contribution in [2.75, 3.05) is 13.1 Å². The number of carbonyl (C=O) groups excluding carboxylic acids is 1. The van der Waals surface area contributed by atoms with Crippen molar-refractivity contribution in [1.82, 2.24) is 25.7 Å². The van der Waals surface area contributed by atoms with Crippen LogP contribution in [0.25, 0.3) is 0 Å². The number of carbonyl (C=O) groups is 1. The molecule has 2 aromatic rings. The van der Waals surface area contributed by atoms with E-state index in [0.29, 0.717) is 24.4 Å². The van der Waals surface area contributed by atoms with Crippen molar-refractivity contribution in [3.63, 3.8) is 0 Å². The number of piperidine rings is 1. The van der Waals surface area contributed by atoms with Crippen LogP contribution in [0.4, 0.5) is 0 Å². The van der Waals surface area contributed by atoms with Crippen molar-refractivity contribution < 1.29 is 9.21 Å². The van der Waals surface area contributed by atoms with Crippen LogP contribution >= 0.6 is 0 Å². The summed E-state index contributed by atoms with van der Waals surface area (Å²) < 4.78 is 7.44. The second-order valence-corrected chi connectivity index (χ2v) is 6.92. The molecule has 3 heterocycles. The van der Waals surface area contributed by atoms with Gasteiger partial charge in [0.15, 0.2) is 5.76 Å². The van der Waals surface area contributed by atoms with Crippen LogP contribution in [-0.4, -0.2) is 46.9 Å². The molecule has 0 aromatic carbocycles. The molecule has 7 nitrogen and oxygen atoms in total. The molecule has 2 fully saturated rings. The Morgan fingerprint density at radius 1 is 1.24 bits per heavy atom. The van der Waals surface area contributed by atoms with E-state index < -0.39 is 0 Å². The molecular weight excluding hydrogens is 318 g/mol. The highest BCUT2D eigenvalue weighted by Crippen LogP contribution is 2.22. The number of aromatic nitrogens is 2. The van der Waals surface area contributed by atoms with Crippen molar-refractivity contribution in [3.05, 3.63) is 42.1 Å². The minimum atomic E-state index is -0.131. The third kappa shape index (κ3) is 3.93. The van der Waals surface area contributed by atoms with Gasteiger partial charge in [-0.15, -0.1) is 0 Å². The number of nitrogens with zero attached hydrogens (tertiary/aromatic N) is 2. The van der Waals surface area contributed by atoms with Crippen LogP contribution in [0.5, 0.6) is 0 Å². The van der Waals surface area contributed by atoms with Gasteiger partial charge in [0, 0.05) is 30.5 Å². The van der Waals surface area contributed by atoms with E-state index in [1.807, 2.05) is 18.3 Å². The first-order valence-electron chi connectivity index (χ1n) is 9.12. The van der Waals surface area contributed by atoms with Gasteiger partial charge in [-0.3, -0.25) is 9.48 Å². The van der Waals surface area contributed by atoms with Gasteiger partial charge in [-0.2, -0.15) is 5.10 Å². The van der Waals surface area contributed by atoms with Crippen molar-refractivity contribution in [3.8, 4) is 0 Å². The number of furan rings is 1. The predicted octanol–water partition coefficient (Wildman–Crippen LogP) is 1.13. The fourth-order valence-electron chi connectivity index (χ4n) is 3.54. The molecule has 1 aliphatic heterocycles. The van der Waals surface area contributed by atoms with E-state index >= 15 is 0 Å². The number of rotatable bonds is 6. The lowest BCUT2D eigenvalue weighted by atomic mass is 9.85. The van der Waals surface area contributed by atoms with Crippen molar-refractivity contribution in [1.29, 1.82) is 0 Å². The predicted molar refractivity (Wildman–Crippen MR) is 93.3 cm³/mol. The summed E-state index contributed by atoms with van der Waals surface area (Å²) in [5, 5.41) is 14.3. The third-order valence-corrected chi connectivity index (χ3v) is 5.14. The molecule has 25 heavy (non-hydrogen) atoms. The van der Waals surface area contributed by atoms with Crippen LogP contribution in [0.2, 0.25) is 0 Å². The van der Waals surface area contributed by atoms with E-state index in [2.05, 4.69) is 21.0 Å². The average Bonchev–Trinajstić information content (AvgIpc) is 3.30. The molecule has 4 rings (SSSR count). The van der Waals surface area contributed by atoms with Crippen molar-refractivity contribution in [2.45, 2.75) is 50.4 Å². The summed E-state index contributed by atoms with van der Waals surface area (Å²) in [4.78, 5) is 12.4. The van der Waals surface area contributed by atoms with Gasteiger partial charge in [0.2, 0.25) is 0 Å². The summed E-state index contributed by atoms with van der Waals surface area (Å²) in [5.74, 6) is 0.968. The fraction of sp³-hybridized carbons (Fsp3) is 0.556. The number of nitrogens with one attached hydrogen (secondary N) is 3. The fourth-order valence-corrected chi connectivity index (χ4v) is 3.54. The number of amides is 1. The molecule has 1 saturated heterocycles. The molecule has 2 aromatic heterocycles. The largest absolute Gasteiger partial charge is 0.454 e. The van der Waals surface area contributed by atoms with Crippen LogP contribution < -0.4 is 16.0 Å². The molecule has 0 radical (unpaired) electrons. The highest BCUT2D eigenvalue weighted by molar-refractivity contribution is 5.91. The van der Waals surface area contributed by atoms with Crippen LogP contribution in [0.3, 0.4) is 0 Å². The van der Waals surface area contributed by atoms with Gasteiger partial charge in [-0.05, 0) is 57.0 Å². The molecule has 0 unspecified atom stereocenters. The van der Waals surface area contributed by atoms with Crippen molar-refractivity contribution >= 4 is 5.91 Å². The van der Waals surface area contributed by atoms with Crippen molar-refractivity contribution in [2.24, 2.45) is 0 Å². The molecule has 2 aliphatic rings. The van der Waals surface area contributed by atoms with Gasteiger partial charge >= 0.3 is 0 Å². The second-order valence-electron chi connectivity index (χ2n) is 6.92. The highest BCUT2D eigenvalue weighted by Gasteiger charge is 2.34. The topological polar surface area (TPSA) is 84.1 Å². The minimum Gasteiger partial charge on any atom is -0.454 e. The summed E-state index contributed by atoms with van der Waals surface area (Å²) in [6.07, 6.45) is 8.06. The molecule has 1 saturated carbocycles. The molecule has 3 N–H and O–H groups in total. The lowest BCUT2D eigenvalue weighted by molar-refractivity contribution is 0.0856. The average molecular weight is 343 g/mol. The Morgan fingerprint density at radius 2 is 2.08 bits per heavy atom. The van der Waals surface area contributed by atoms with E-state index in [0.717, 1.165) is 44.5 Å². The first-order chi connectivity index (χ1) is 12.3. The zero-order valence-corrected chi connectivity index (χ0v) is 14.3. The molecule has 7 heteroatoms. The quantitative estimate of drug-likeness (QED) is 0.732. The first-order valence-corrected chi connectivity index (χ1v) is 9.12. The van der Waals surface area contributed by atoms with E-state index in [-0.39, 0.29) is 11.9 Å². The normalized spacial score (nSPS) is 24.0. The zero-order chi connectivity index (χ0) is 17.1. The SMILES string of the molecule is O=C(N[C@H]1CC[C@H]1NC1CCNCC1)c1ccc(Cn2cccn2)o1. The maximum absolute atomic E-state index is 12.4. The Hall–Kier alpha value is -2.12. The lowest BCUT2D eigenvalue weighted by Crippen LogP contribution is -2.60. The molecule has 0 bridgehead atoms. The van der Waals surface area contributed by atoms with Gasteiger partial charge < -0.3 is 20.4 Å². The summed E-state index contributed by atoms with van der Waals surface area (Å²) in [6, 6.07) is 6.58. The van der Waals surface area contributed by atoms with Gasteiger partial charge in [-0.25, -0.2) is 0 Å². The molecule has 1 aliphatic carbocycles. The summed E-state index contributed by atoms with van der Waals surface area (Å²) in [7, 11) is 0.